The highest BCUT2D eigenvalue weighted by atomic mass is 16.5. The van der Waals surface area contributed by atoms with E-state index in [1.807, 2.05) is 19.1 Å². The fraction of sp³-hybridized carbons (Fsp3) is 0.276. The van der Waals surface area contributed by atoms with E-state index in [-0.39, 0.29) is 11.3 Å². The number of hydrogen-bond donors (Lipinski definition) is 3. The Morgan fingerprint density at radius 1 is 0.730 bits per heavy atom. The summed E-state index contributed by atoms with van der Waals surface area (Å²) in [5.41, 5.74) is 7.69. The molecule has 0 unspecified atom stereocenters. The third-order valence-electron chi connectivity index (χ3n) is 5.50. The maximum absolute atomic E-state index is 12.6. The fourth-order valence-electron chi connectivity index (χ4n) is 3.38. The van der Waals surface area contributed by atoms with Crippen LogP contribution < -0.4 is 20.9 Å². The van der Waals surface area contributed by atoms with Crippen LogP contribution in [0, 0.1) is 0 Å². The van der Waals surface area contributed by atoms with Gasteiger partial charge in [-0.2, -0.15) is 0 Å². The van der Waals surface area contributed by atoms with E-state index in [0.717, 1.165) is 5.56 Å². The van der Waals surface area contributed by atoms with Gasteiger partial charge < -0.3 is 14.8 Å². The Hall–Kier alpha value is -4.17. The van der Waals surface area contributed by atoms with E-state index in [1.54, 1.807) is 60.7 Å². The summed E-state index contributed by atoms with van der Waals surface area (Å²) in [4.78, 5) is 37.5. The van der Waals surface area contributed by atoms with Gasteiger partial charge in [-0.05, 0) is 72.5 Å². The van der Waals surface area contributed by atoms with Crippen LogP contribution in [0.5, 0.6) is 5.75 Å². The first-order chi connectivity index (χ1) is 17.7. The van der Waals surface area contributed by atoms with Gasteiger partial charge in [0.05, 0.1) is 6.61 Å². The van der Waals surface area contributed by atoms with Crippen molar-refractivity contribution >= 4 is 23.4 Å². The number of amides is 3. The lowest BCUT2D eigenvalue weighted by molar-refractivity contribution is 0.0846. The average molecular weight is 504 g/mol. The summed E-state index contributed by atoms with van der Waals surface area (Å²) in [5.74, 6) is -0.687. The lowest BCUT2D eigenvalue weighted by atomic mass is 9.87. The van der Waals surface area contributed by atoms with E-state index in [9.17, 15) is 14.4 Å². The highest BCUT2D eigenvalue weighted by Gasteiger charge is 2.15. The number of carbonyl (C=O) groups excluding carboxylic acids is 3. The summed E-state index contributed by atoms with van der Waals surface area (Å²) in [6.07, 6.45) is 0. The summed E-state index contributed by atoms with van der Waals surface area (Å²) >= 11 is 0. The lowest BCUT2D eigenvalue weighted by Crippen LogP contribution is -2.41. The van der Waals surface area contributed by atoms with Crippen molar-refractivity contribution in [2.24, 2.45) is 0 Å². The second kappa shape index (κ2) is 12.7. The minimum atomic E-state index is -0.492. The lowest BCUT2D eigenvalue weighted by Gasteiger charge is -2.19. The van der Waals surface area contributed by atoms with Crippen LogP contribution in [0.3, 0.4) is 0 Å². The quantitative estimate of drug-likeness (QED) is 0.289. The van der Waals surface area contributed by atoms with Crippen molar-refractivity contribution in [1.29, 1.82) is 0 Å². The van der Waals surface area contributed by atoms with E-state index >= 15 is 0 Å². The van der Waals surface area contributed by atoms with Crippen molar-refractivity contribution in [1.82, 2.24) is 10.9 Å². The van der Waals surface area contributed by atoms with Gasteiger partial charge in [0, 0.05) is 29.0 Å². The van der Waals surface area contributed by atoms with E-state index in [4.69, 9.17) is 9.47 Å². The smallest absolute Gasteiger partial charge is 0.269 e. The molecule has 0 bridgehead atoms. The maximum Gasteiger partial charge on any atom is 0.269 e. The Kier molecular flexibility index (Phi) is 9.40. The number of hydrazine groups is 1. The van der Waals surface area contributed by atoms with Crippen molar-refractivity contribution in [3.8, 4) is 5.75 Å². The molecule has 0 heterocycles. The van der Waals surface area contributed by atoms with Crippen molar-refractivity contribution in [2.45, 2.75) is 33.1 Å². The second-order valence-electron chi connectivity index (χ2n) is 9.34. The van der Waals surface area contributed by atoms with Crippen molar-refractivity contribution in [2.75, 3.05) is 25.1 Å². The average Bonchev–Trinajstić information content (AvgIpc) is 2.89. The third-order valence-corrected chi connectivity index (χ3v) is 5.50. The molecule has 0 aliphatic rings. The Morgan fingerprint density at radius 2 is 1.32 bits per heavy atom. The van der Waals surface area contributed by atoms with Gasteiger partial charge in [-0.25, -0.2) is 0 Å². The number of hydrogen-bond acceptors (Lipinski definition) is 5. The van der Waals surface area contributed by atoms with Crippen LogP contribution in [0.25, 0.3) is 0 Å². The van der Waals surface area contributed by atoms with Gasteiger partial charge in [0.15, 0.2) is 0 Å². The molecular formula is C29H33N3O5. The van der Waals surface area contributed by atoms with Crippen LogP contribution in [-0.4, -0.2) is 37.5 Å². The molecule has 3 amide bonds. The van der Waals surface area contributed by atoms with Crippen molar-refractivity contribution in [3.05, 3.63) is 95.1 Å². The van der Waals surface area contributed by atoms with Crippen LogP contribution in [0.2, 0.25) is 0 Å². The Balaban J connectivity index is 1.51. The van der Waals surface area contributed by atoms with E-state index < -0.39 is 11.8 Å². The molecule has 0 aliphatic heterocycles. The van der Waals surface area contributed by atoms with E-state index in [0.29, 0.717) is 47.9 Å². The maximum atomic E-state index is 12.6. The summed E-state index contributed by atoms with van der Waals surface area (Å²) in [5, 5.41) is 2.82. The molecule has 0 saturated carbocycles. The second-order valence-corrected chi connectivity index (χ2v) is 9.34. The zero-order valence-corrected chi connectivity index (χ0v) is 21.6. The molecule has 3 N–H and O–H groups in total. The summed E-state index contributed by atoms with van der Waals surface area (Å²) in [7, 11) is 0. The van der Waals surface area contributed by atoms with E-state index in [2.05, 4.69) is 36.9 Å². The molecule has 8 nitrogen and oxygen atoms in total. The number of nitrogens with one attached hydrogen (secondary N) is 3. The van der Waals surface area contributed by atoms with Gasteiger partial charge in [-0.1, -0.05) is 39.0 Å². The highest BCUT2D eigenvalue weighted by molar-refractivity contribution is 6.04. The molecule has 0 aromatic heterocycles. The molecule has 0 atom stereocenters. The molecule has 0 fully saturated rings. The van der Waals surface area contributed by atoms with Gasteiger partial charge in [0.2, 0.25) is 0 Å². The molecule has 3 aromatic carbocycles. The molecular weight excluding hydrogens is 470 g/mol. The number of benzene rings is 3. The zero-order chi connectivity index (χ0) is 26.8. The minimum absolute atomic E-state index is 0.00700. The molecule has 194 valence electrons. The molecule has 8 heteroatoms. The third kappa shape index (κ3) is 8.18. The molecule has 3 aromatic rings. The summed E-state index contributed by atoms with van der Waals surface area (Å²) in [6.45, 7) is 9.68. The monoisotopic (exact) mass is 503 g/mol. The van der Waals surface area contributed by atoms with Crippen LogP contribution in [0.15, 0.2) is 72.8 Å². The first-order valence-electron chi connectivity index (χ1n) is 12.1. The number of ether oxygens (including phenoxy) is 2. The van der Waals surface area contributed by atoms with Gasteiger partial charge in [0.25, 0.3) is 17.7 Å². The molecule has 37 heavy (non-hydrogen) atoms. The van der Waals surface area contributed by atoms with Crippen LogP contribution in [-0.2, 0) is 10.2 Å². The number of anilines is 1. The fourth-order valence-corrected chi connectivity index (χ4v) is 3.38. The highest BCUT2D eigenvalue weighted by Crippen LogP contribution is 2.22. The topological polar surface area (TPSA) is 106 Å². The molecule has 0 saturated heterocycles. The van der Waals surface area contributed by atoms with Gasteiger partial charge >= 0.3 is 0 Å². The van der Waals surface area contributed by atoms with Crippen LogP contribution >= 0.6 is 0 Å². The van der Waals surface area contributed by atoms with Gasteiger partial charge in [-0.15, -0.1) is 0 Å². The van der Waals surface area contributed by atoms with Crippen LogP contribution in [0.4, 0.5) is 5.69 Å². The SMILES string of the molecule is CCOCCOc1cccc(C(=O)NNC(=O)c2ccc(NC(=O)c3ccc(C(C)(C)C)cc3)cc2)c1. The Bertz CT molecular complexity index is 1220. The standard InChI is InChI=1S/C29H33N3O5/c1-5-36-17-18-37-25-8-6-7-22(19-25)28(35)32-31-27(34)21-11-15-24(16-12-21)30-26(33)20-9-13-23(14-10-20)29(2,3)4/h6-16,19H,5,17-18H2,1-4H3,(H,30,33)(H,31,34)(H,32,35). The molecule has 0 spiro atoms. The van der Waals surface area contributed by atoms with Gasteiger partial charge in [-0.3, -0.25) is 25.2 Å². The largest absolute Gasteiger partial charge is 0.491 e. The van der Waals surface area contributed by atoms with Gasteiger partial charge in [0.1, 0.15) is 12.4 Å². The minimum Gasteiger partial charge on any atom is -0.491 e. The predicted octanol–water partition coefficient (Wildman–Crippen LogP) is 4.73. The van der Waals surface area contributed by atoms with Crippen LogP contribution in [0.1, 0.15) is 64.3 Å². The van der Waals surface area contributed by atoms with Crippen molar-refractivity contribution < 1.29 is 23.9 Å². The normalized spacial score (nSPS) is 10.9. The zero-order valence-electron chi connectivity index (χ0n) is 21.6. The Morgan fingerprint density at radius 3 is 1.95 bits per heavy atom. The number of carbonyl (C=O) groups is 3. The summed E-state index contributed by atoms with van der Waals surface area (Å²) in [6, 6.07) is 20.5. The molecule has 0 radical (unpaired) electrons. The first kappa shape index (κ1) is 27.4. The first-order valence-corrected chi connectivity index (χ1v) is 12.1. The van der Waals surface area contributed by atoms with E-state index in [1.165, 1.54) is 0 Å². The predicted molar refractivity (Wildman–Crippen MR) is 143 cm³/mol. The molecule has 3 rings (SSSR count). The Labute approximate surface area is 217 Å². The van der Waals surface area contributed by atoms with Crippen molar-refractivity contribution in [3.63, 3.8) is 0 Å². The summed E-state index contributed by atoms with van der Waals surface area (Å²) < 4.78 is 10.8. The number of rotatable bonds is 9. The molecule has 0 aliphatic carbocycles.